The lowest BCUT2D eigenvalue weighted by Gasteiger charge is -2.43. The normalized spacial score (nSPS) is 30.5. The number of aliphatic hydroxyl groups is 5. The van der Waals surface area contributed by atoms with Crippen molar-refractivity contribution in [3.63, 3.8) is 0 Å². The lowest BCUT2D eigenvalue weighted by atomic mass is 9.89. The van der Waals surface area contributed by atoms with E-state index < -0.39 is 97.3 Å². The van der Waals surface area contributed by atoms with E-state index in [2.05, 4.69) is 17.6 Å². The van der Waals surface area contributed by atoms with Crippen LogP contribution in [-0.2, 0) is 33.3 Å². The molecule has 0 aromatic rings. The van der Waals surface area contributed by atoms with Gasteiger partial charge in [0.05, 0.1) is 12.7 Å². The molecule has 0 saturated carbocycles. The highest BCUT2D eigenvalue weighted by atomic mass is 16.7. The minimum Gasteiger partial charge on any atom is -0.480 e. The molecule has 2 saturated heterocycles. The number of carboxylic acid groups (broad SMARTS) is 2. The molecule has 2 aliphatic heterocycles. The molecule has 298 valence electrons. The predicted molar refractivity (Wildman–Crippen MR) is 183 cm³/mol. The van der Waals surface area contributed by atoms with Gasteiger partial charge in [-0.2, -0.15) is 0 Å². The Morgan fingerprint density at radius 1 is 0.686 bits per heavy atom. The second-order valence-electron chi connectivity index (χ2n) is 14.8. The van der Waals surface area contributed by atoms with Crippen LogP contribution in [0.5, 0.6) is 0 Å². The van der Waals surface area contributed by atoms with E-state index in [1.165, 1.54) is 38.5 Å². The number of ether oxygens (including phenoxy) is 4. The van der Waals surface area contributed by atoms with Gasteiger partial charge in [0.2, 0.25) is 0 Å². The fourth-order valence-corrected chi connectivity index (χ4v) is 6.25. The minimum absolute atomic E-state index is 0.101. The van der Waals surface area contributed by atoms with Gasteiger partial charge in [0, 0.05) is 24.6 Å². The molecular formula is C35H64N2O14. The molecule has 0 spiro atoms. The lowest BCUT2D eigenvalue weighted by molar-refractivity contribution is -0.314. The Labute approximate surface area is 301 Å². The summed E-state index contributed by atoms with van der Waals surface area (Å²) in [6.45, 7) is 7.41. The molecule has 2 rings (SSSR count). The van der Waals surface area contributed by atoms with Crippen LogP contribution in [0.1, 0.15) is 111 Å². The summed E-state index contributed by atoms with van der Waals surface area (Å²) in [7, 11) is 0. The van der Waals surface area contributed by atoms with E-state index in [1.54, 1.807) is 0 Å². The van der Waals surface area contributed by atoms with Gasteiger partial charge in [0.1, 0.15) is 30.5 Å². The molecule has 1 unspecified atom stereocenters. The van der Waals surface area contributed by atoms with E-state index in [9.17, 15) is 50.1 Å². The summed E-state index contributed by atoms with van der Waals surface area (Å²) in [5.74, 6) is -4.63. The number of carbonyl (C=O) groups excluding carboxylic acids is 1. The standard InChI is InChI=1S/C35H64N2O14/c1-5-6-7-8-9-10-11-12-13-16-19-48-33-26(41)23(38)21(28(50-33)32(46)47)20-49-34-27(42)24(39)25(40)29(51-34)30(43)36-18-15-14-17-22(31(44)45)37-35(2,3)4/h21-29,33-34,37-42H,5-20H2,1-4H3,(H,36,43)(H,44,45)(H,46,47)/t21-,22?,23-,24-,25-,26+,27+,28-,29-,33+,34+/m0/s1. The zero-order valence-electron chi connectivity index (χ0n) is 30.7. The van der Waals surface area contributed by atoms with Crippen LogP contribution in [0.3, 0.4) is 0 Å². The van der Waals surface area contributed by atoms with Crippen LogP contribution >= 0.6 is 0 Å². The summed E-state index contributed by atoms with van der Waals surface area (Å²) in [4.78, 5) is 36.5. The molecule has 0 bridgehead atoms. The summed E-state index contributed by atoms with van der Waals surface area (Å²) in [5.41, 5.74) is -0.408. The average molecular weight is 737 g/mol. The number of hydrogen-bond acceptors (Lipinski definition) is 13. The number of unbranched alkanes of at least 4 members (excludes halogenated alkanes) is 10. The van der Waals surface area contributed by atoms with Crippen LogP contribution in [-0.4, -0.2) is 140 Å². The van der Waals surface area contributed by atoms with Crippen molar-refractivity contribution in [2.45, 2.75) is 178 Å². The number of carbonyl (C=O) groups is 3. The van der Waals surface area contributed by atoms with Crippen LogP contribution in [0, 0.1) is 5.92 Å². The second kappa shape index (κ2) is 22.9. The number of aliphatic hydroxyl groups excluding tert-OH is 5. The van der Waals surface area contributed by atoms with Crippen molar-refractivity contribution in [2.75, 3.05) is 19.8 Å². The van der Waals surface area contributed by atoms with Gasteiger partial charge in [-0.25, -0.2) is 4.79 Å². The second-order valence-corrected chi connectivity index (χ2v) is 14.8. The molecule has 16 nitrogen and oxygen atoms in total. The molecule has 0 radical (unpaired) electrons. The van der Waals surface area contributed by atoms with E-state index in [1.807, 2.05) is 20.8 Å². The number of hydrogen-bond donors (Lipinski definition) is 9. The van der Waals surface area contributed by atoms with Crippen molar-refractivity contribution in [2.24, 2.45) is 5.92 Å². The van der Waals surface area contributed by atoms with E-state index in [0.29, 0.717) is 25.7 Å². The molecule has 1 amide bonds. The Morgan fingerprint density at radius 3 is 1.80 bits per heavy atom. The highest BCUT2D eigenvalue weighted by Gasteiger charge is 2.51. The number of rotatable bonds is 24. The Balaban J connectivity index is 1.84. The van der Waals surface area contributed by atoms with Gasteiger partial charge < -0.3 is 60.0 Å². The van der Waals surface area contributed by atoms with Crippen molar-refractivity contribution in [1.29, 1.82) is 0 Å². The van der Waals surface area contributed by atoms with Crippen molar-refractivity contribution < 1.29 is 69.1 Å². The topological polar surface area (TPSA) is 254 Å². The van der Waals surface area contributed by atoms with Crippen LogP contribution in [0.25, 0.3) is 0 Å². The molecule has 2 heterocycles. The van der Waals surface area contributed by atoms with E-state index >= 15 is 0 Å². The molecule has 51 heavy (non-hydrogen) atoms. The number of carboxylic acids is 2. The maximum atomic E-state index is 12.9. The maximum Gasteiger partial charge on any atom is 0.333 e. The summed E-state index contributed by atoms with van der Waals surface area (Å²) in [5, 5.41) is 77.8. The summed E-state index contributed by atoms with van der Waals surface area (Å²) in [6, 6.07) is -0.776. The Bertz CT molecular complexity index is 1030. The van der Waals surface area contributed by atoms with Gasteiger partial charge in [-0.3, -0.25) is 14.9 Å². The number of amides is 1. The van der Waals surface area contributed by atoms with Crippen LogP contribution < -0.4 is 10.6 Å². The number of nitrogens with one attached hydrogen (secondary N) is 2. The third kappa shape index (κ3) is 15.5. The SMILES string of the molecule is CCCCCCCCCCCCO[C@@H]1O[C@H](C(=O)O)[C@@H](CO[C@@H]2O[C@H](C(=O)NCCCCC(NC(C)(C)C)C(=O)O)[C@@H](O)[C@H](O)[C@H]2O)[C@H](O)[C@H]1O. The Morgan fingerprint density at radius 2 is 1.24 bits per heavy atom. The van der Waals surface area contributed by atoms with E-state index in [4.69, 9.17) is 18.9 Å². The van der Waals surface area contributed by atoms with Gasteiger partial charge in [0.25, 0.3) is 5.91 Å². The average Bonchev–Trinajstić information content (AvgIpc) is 3.06. The summed E-state index contributed by atoms with van der Waals surface area (Å²) in [6.07, 6.45) is -3.05. The first-order valence-electron chi connectivity index (χ1n) is 18.5. The van der Waals surface area contributed by atoms with E-state index in [0.717, 1.165) is 19.3 Å². The number of aliphatic carboxylic acids is 2. The third-order valence-corrected chi connectivity index (χ3v) is 9.17. The fourth-order valence-electron chi connectivity index (χ4n) is 6.25. The maximum absolute atomic E-state index is 12.9. The zero-order chi connectivity index (χ0) is 38.1. The smallest absolute Gasteiger partial charge is 0.333 e. The van der Waals surface area contributed by atoms with Crippen LogP contribution in [0.4, 0.5) is 0 Å². The monoisotopic (exact) mass is 736 g/mol. The Hall–Kier alpha value is -1.99. The first-order valence-corrected chi connectivity index (χ1v) is 18.5. The molecule has 2 fully saturated rings. The van der Waals surface area contributed by atoms with Gasteiger partial charge in [-0.1, -0.05) is 64.7 Å². The molecule has 0 aromatic carbocycles. The first kappa shape index (κ1) is 45.2. The van der Waals surface area contributed by atoms with Crippen molar-refractivity contribution in [1.82, 2.24) is 10.6 Å². The van der Waals surface area contributed by atoms with Gasteiger partial charge >= 0.3 is 11.9 Å². The zero-order valence-corrected chi connectivity index (χ0v) is 30.7. The summed E-state index contributed by atoms with van der Waals surface area (Å²) >= 11 is 0. The highest BCUT2D eigenvalue weighted by molar-refractivity contribution is 5.81. The summed E-state index contributed by atoms with van der Waals surface area (Å²) < 4.78 is 22.1. The van der Waals surface area contributed by atoms with Gasteiger partial charge in [-0.05, 0) is 46.5 Å². The molecule has 11 atom stereocenters. The van der Waals surface area contributed by atoms with Gasteiger partial charge in [-0.15, -0.1) is 0 Å². The molecular weight excluding hydrogens is 672 g/mol. The third-order valence-electron chi connectivity index (χ3n) is 9.17. The molecule has 9 N–H and O–H groups in total. The van der Waals surface area contributed by atoms with Crippen LogP contribution in [0.2, 0.25) is 0 Å². The Kier molecular flexibility index (Phi) is 20.3. The van der Waals surface area contributed by atoms with E-state index in [-0.39, 0.29) is 13.2 Å². The quantitative estimate of drug-likeness (QED) is 0.0628. The fraction of sp³-hybridized carbons (Fsp3) is 0.914. The molecule has 16 heteroatoms. The lowest BCUT2D eigenvalue weighted by Crippen LogP contribution is -2.63. The largest absolute Gasteiger partial charge is 0.480 e. The molecule has 0 aromatic heterocycles. The molecule has 0 aliphatic carbocycles. The minimum atomic E-state index is -1.88. The van der Waals surface area contributed by atoms with Gasteiger partial charge in [0.15, 0.2) is 24.8 Å². The predicted octanol–water partition coefficient (Wildman–Crippen LogP) is 1.02. The first-order chi connectivity index (χ1) is 24.1. The van der Waals surface area contributed by atoms with Crippen molar-refractivity contribution in [3.8, 4) is 0 Å². The van der Waals surface area contributed by atoms with Crippen molar-refractivity contribution in [3.05, 3.63) is 0 Å². The van der Waals surface area contributed by atoms with Crippen molar-refractivity contribution >= 4 is 17.8 Å². The highest BCUT2D eigenvalue weighted by Crippen LogP contribution is 2.30. The van der Waals surface area contributed by atoms with Crippen LogP contribution in [0.15, 0.2) is 0 Å². The molecule has 2 aliphatic rings.